The van der Waals surface area contributed by atoms with Crippen LogP contribution in [-0.4, -0.2) is 54.3 Å². The van der Waals surface area contributed by atoms with Crippen LogP contribution in [0.15, 0.2) is 30.5 Å². The summed E-state index contributed by atoms with van der Waals surface area (Å²) in [6.45, 7) is 4.17. The normalized spacial score (nSPS) is 15.5. The number of rotatable bonds is 5. The van der Waals surface area contributed by atoms with Crippen LogP contribution in [0.5, 0.6) is 0 Å². The van der Waals surface area contributed by atoms with Crippen LogP contribution in [0.3, 0.4) is 0 Å². The largest absolute Gasteiger partial charge is 0.380 e. The van der Waals surface area contributed by atoms with E-state index in [1.165, 1.54) is 0 Å². The number of nitrogens with zero attached hydrogens (tertiary/aromatic N) is 7. The van der Waals surface area contributed by atoms with Gasteiger partial charge in [-0.3, -0.25) is 9.48 Å². The monoisotopic (exact) mass is 354 g/mol. The molecule has 3 aromatic rings. The lowest BCUT2D eigenvalue weighted by molar-refractivity contribution is -0.111. The Balaban J connectivity index is 1.47. The third-order valence-corrected chi connectivity index (χ3v) is 4.21. The van der Waals surface area contributed by atoms with Gasteiger partial charge in [-0.25, -0.2) is 4.68 Å². The van der Waals surface area contributed by atoms with Gasteiger partial charge in [-0.1, -0.05) is 24.3 Å². The zero-order valence-electron chi connectivity index (χ0n) is 14.5. The van der Waals surface area contributed by atoms with Crippen molar-refractivity contribution in [1.29, 1.82) is 0 Å². The molecule has 134 valence electrons. The van der Waals surface area contributed by atoms with E-state index >= 15 is 0 Å². The fraction of sp³-hybridized carbons (Fsp3) is 0.375. The summed E-state index contributed by atoms with van der Waals surface area (Å²) in [6, 6.07) is 7.30. The highest BCUT2D eigenvalue weighted by Crippen LogP contribution is 2.28. The molecule has 0 unspecified atom stereocenters. The van der Waals surface area contributed by atoms with Gasteiger partial charge in [-0.15, -0.1) is 10.2 Å². The Morgan fingerprint density at radius 3 is 2.85 bits per heavy atom. The molecule has 1 amide bonds. The van der Waals surface area contributed by atoms with Gasteiger partial charge in [0.25, 0.3) is 5.91 Å². The maximum atomic E-state index is 12.4. The fourth-order valence-electron chi connectivity index (χ4n) is 2.82. The van der Waals surface area contributed by atoms with E-state index in [2.05, 4.69) is 38.1 Å². The molecular formula is C16H18N8O2. The average molecular weight is 354 g/mol. The molecule has 0 aliphatic carbocycles. The van der Waals surface area contributed by atoms with Crippen molar-refractivity contribution in [3.05, 3.63) is 36.2 Å². The van der Waals surface area contributed by atoms with Gasteiger partial charge in [0.1, 0.15) is 0 Å². The van der Waals surface area contributed by atoms with Crippen LogP contribution in [0, 0.1) is 5.41 Å². The number of aromatic nitrogens is 7. The topological polar surface area (TPSA) is 113 Å². The maximum absolute atomic E-state index is 12.4. The molecule has 1 N–H and O–H groups in total. The average Bonchev–Trinajstić information content (AvgIpc) is 3.22. The van der Waals surface area contributed by atoms with Crippen molar-refractivity contribution in [2.24, 2.45) is 12.5 Å². The molecule has 0 spiro atoms. The highest BCUT2D eigenvalue weighted by atomic mass is 16.5. The van der Waals surface area contributed by atoms with Crippen molar-refractivity contribution in [2.75, 3.05) is 18.5 Å². The highest BCUT2D eigenvalue weighted by Gasteiger charge is 2.34. The Labute approximate surface area is 149 Å². The Bertz CT molecular complexity index is 943. The summed E-state index contributed by atoms with van der Waals surface area (Å²) >= 11 is 0. The molecule has 0 atom stereocenters. The van der Waals surface area contributed by atoms with Crippen LogP contribution in [0.1, 0.15) is 17.4 Å². The minimum absolute atomic E-state index is 0.0555. The Hall–Kier alpha value is -3.14. The van der Waals surface area contributed by atoms with Gasteiger partial charge in [0.15, 0.2) is 11.5 Å². The number of nitrogens with one attached hydrogen (secondary N) is 1. The number of hydrogen-bond acceptors (Lipinski definition) is 7. The van der Waals surface area contributed by atoms with Crippen molar-refractivity contribution in [1.82, 2.24) is 35.2 Å². The summed E-state index contributed by atoms with van der Waals surface area (Å²) in [5.74, 6) is 0.294. The van der Waals surface area contributed by atoms with E-state index in [1.54, 1.807) is 34.7 Å². The lowest BCUT2D eigenvalue weighted by Crippen LogP contribution is -2.43. The molecule has 0 bridgehead atoms. The number of carbonyl (C=O) groups excluding carboxylic acids is 1. The number of benzene rings is 1. The van der Waals surface area contributed by atoms with Crippen LogP contribution >= 0.6 is 0 Å². The van der Waals surface area contributed by atoms with Gasteiger partial charge in [0, 0.05) is 23.7 Å². The molecular weight excluding hydrogens is 336 g/mol. The second kappa shape index (κ2) is 6.30. The van der Waals surface area contributed by atoms with Crippen molar-refractivity contribution in [2.45, 2.75) is 13.5 Å². The van der Waals surface area contributed by atoms with Gasteiger partial charge in [-0.05, 0) is 22.6 Å². The number of aryl methyl sites for hydroxylation is 1. The second-order valence-corrected chi connectivity index (χ2v) is 6.77. The summed E-state index contributed by atoms with van der Waals surface area (Å²) < 4.78 is 8.48. The summed E-state index contributed by atoms with van der Waals surface area (Å²) in [5.41, 5.74) is 1.75. The molecule has 2 aromatic heterocycles. The van der Waals surface area contributed by atoms with Crippen LogP contribution in [0.4, 0.5) is 5.69 Å². The number of carbonyl (C=O) groups is 1. The van der Waals surface area contributed by atoms with Crippen LogP contribution in [0.25, 0.3) is 11.4 Å². The first-order chi connectivity index (χ1) is 12.5. The molecule has 3 heterocycles. The van der Waals surface area contributed by atoms with E-state index in [4.69, 9.17) is 4.74 Å². The zero-order chi connectivity index (χ0) is 18.1. The fourth-order valence-corrected chi connectivity index (χ4v) is 2.82. The number of hydrogen-bond donors (Lipinski definition) is 1. The lowest BCUT2D eigenvalue weighted by atomic mass is 9.89. The first kappa shape index (κ1) is 16.3. The lowest BCUT2D eigenvalue weighted by Gasteiger charge is -2.37. The number of amides is 1. The van der Waals surface area contributed by atoms with Crippen LogP contribution in [0.2, 0.25) is 0 Å². The van der Waals surface area contributed by atoms with Gasteiger partial charge in [0.2, 0.25) is 0 Å². The summed E-state index contributed by atoms with van der Waals surface area (Å²) in [7, 11) is 1.76. The second-order valence-electron chi connectivity index (χ2n) is 6.77. The number of ether oxygens (including phenoxy) is 1. The van der Waals surface area contributed by atoms with Crippen molar-refractivity contribution >= 4 is 11.6 Å². The third-order valence-electron chi connectivity index (χ3n) is 4.21. The predicted molar refractivity (Wildman–Crippen MR) is 91.1 cm³/mol. The minimum atomic E-state index is -0.320. The number of tetrazole rings is 1. The van der Waals surface area contributed by atoms with E-state index in [0.29, 0.717) is 31.3 Å². The molecule has 1 aliphatic heterocycles. The van der Waals surface area contributed by atoms with Crippen molar-refractivity contribution in [3.8, 4) is 11.4 Å². The minimum Gasteiger partial charge on any atom is -0.380 e. The van der Waals surface area contributed by atoms with Crippen molar-refractivity contribution in [3.63, 3.8) is 0 Å². The Morgan fingerprint density at radius 1 is 1.31 bits per heavy atom. The molecule has 4 rings (SSSR count). The molecule has 10 heteroatoms. The Morgan fingerprint density at radius 2 is 2.15 bits per heavy atom. The summed E-state index contributed by atoms with van der Waals surface area (Å²) in [6.07, 6.45) is 1.65. The predicted octanol–water partition coefficient (Wildman–Crippen LogP) is 0.757. The molecule has 1 saturated heterocycles. The zero-order valence-corrected chi connectivity index (χ0v) is 14.5. The van der Waals surface area contributed by atoms with E-state index in [1.807, 2.05) is 12.1 Å². The first-order valence-electron chi connectivity index (χ1n) is 8.14. The quantitative estimate of drug-likeness (QED) is 0.719. The smallest absolute Gasteiger partial charge is 0.277 e. The molecule has 0 radical (unpaired) electrons. The SMILES string of the molecule is Cn1nnnc1-c1cccc(NC(=O)c2cn(CC3(C)COC3)nn2)c1. The molecule has 10 nitrogen and oxygen atoms in total. The third kappa shape index (κ3) is 3.18. The molecule has 1 aliphatic rings. The highest BCUT2D eigenvalue weighted by molar-refractivity contribution is 6.02. The van der Waals surface area contributed by atoms with E-state index in [9.17, 15) is 4.79 Å². The number of anilines is 1. The Kier molecular flexibility index (Phi) is 3.96. The van der Waals surface area contributed by atoms with Gasteiger partial charge >= 0.3 is 0 Å². The van der Waals surface area contributed by atoms with Crippen LogP contribution in [-0.2, 0) is 18.3 Å². The van der Waals surface area contributed by atoms with Gasteiger partial charge < -0.3 is 10.1 Å². The van der Waals surface area contributed by atoms with E-state index in [0.717, 1.165) is 5.56 Å². The van der Waals surface area contributed by atoms with Crippen molar-refractivity contribution < 1.29 is 9.53 Å². The van der Waals surface area contributed by atoms with Gasteiger partial charge in [-0.2, -0.15) is 0 Å². The molecule has 0 saturated carbocycles. The molecule has 26 heavy (non-hydrogen) atoms. The first-order valence-corrected chi connectivity index (χ1v) is 8.14. The molecule has 1 aromatic carbocycles. The van der Waals surface area contributed by atoms with E-state index < -0.39 is 0 Å². The molecule has 1 fully saturated rings. The summed E-state index contributed by atoms with van der Waals surface area (Å²) in [4.78, 5) is 12.4. The van der Waals surface area contributed by atoms with Crippen LogP contribution < -0.4 is 5.32 Å². The maximum Gasteiger partial charge on any atom is 0.277 e. The summed E-state index contributed by atoms with van der Waals surface area (Å²) in [5, 5.41) is 22.2. The van der Waals surface area contributed by atoms with E-state index in [-0.39, 0.29) is 17.0 Å². The standard InChI is InChI=1S/C16H18N8O2/c1-16(9-26-10-16)8-24-7-13(18-21-24)15(25)17-12-5-3-4-11(6-12)14-19-20-22-23(14)2/h3-7H,8-10H2,1-2H3,(H,17,25). The van der Waals surface area contributed by atoms with Gasteiger partial charge in [0.05, 0.1) is 26.0 Å².